The van der Waals surface area contributed by atoms with E-state index < -0.39 is 0 Å². The molecule has 1 heterocycles. The Labute approximate surface area is 122 Å². The molecule has 0 aromatic heterocycles. The molecule has 2 nitrogen and oxygen atoms in total. The Kier molecular flexibility index (Phi) is 5.26. The average Bonchev–Trinajstić information content (AvgIpc) is 2.80. The van der Waals surface area contributed by atoms with Crippen LogP contribution in [-0.2, 0) is 6.42 Å². The van der Waals surface area contributed by atoms with Crippen LogP contribution in [0.3, 0.4) is 0 Å². The van der Waals surface area contributed by atoms with Crippen LogP contribution in [-0.4, -0.2) is 36.1 Å². The Morgan fingerprint density at radius 3 is 2.68 bits per heavy atom. The maximum atomic E-state index is 6.21. The van der Waals surface area contributed by atoms with Crippen molar-refractivity contribution >= 4 is 11.6 Å². The highest BCUT2D eigenvalue weighted by Gasteiger charge is 2.24. The number of hydrogen-bond acceptors (Lipinski definition) is 2. The molecule has 2 rings (SSSR count). The van der Waals surface area contributed by atoms with E-state index in [1.165, 1.54) is 25.1 Å². The summed E-state index contributed by atoms with van der Waals surface area (Å²) >= 11 is 6.21. The van der Waals surface area contributed by atoms with Crippen LogP contribution in [0.1, 0.15) is 32.8 Å². The molecule has 1 fully saturated rings. The maximum absolute atomic E-state index is 6.21. The second kappa shape index (κ2) is 6.74. The van der Waals surface area contributed by atoms with Gasteiger partial charge in [0.25, 0.3) is 0 Å². The molecule has 1 aliphatic heterocycles. The summed E-state index contributed by atoms with van der Waals surface area (Å²) in [6, 6.07) is 9.89. The van der Waals surface area contributed by atoms with E-state index >= 15 is 0 Å². The molecule has 19 heavy (non-hydrogen) atoms. The van der Waals surface area contributed by atoms with Crippen LogP contribution >= 0.6 is 11.6 Å². The van der Waals surface area contributed by atoms with Crippen molar-refractivity contribution in [3.05, 3.63) is 34.9 Å². The summed E-state index contributed by atoms with van der Waals surface area (Å²) < 4.78 is 0. The molecule has 2 unspecified atom stereocenters. The Bertz CT molecular complexity index is 405. The smallest absolute Gasteiger partial charge is 0.0438 e. The predicted octanol–water partition coefficient (Wildman–Crippen LogP) is 3.34. The lowest BCUT2D eigenvalue weighted by Gasteiger charge is -2.23. The molecule has 0 spiro atoms. The van der Waals surface area contributed by atoms with E-state index in [1.54, 1.807) is 0 Å². The van der Waals surface area contributed by atoms with Gasteiger partial charge in [-0.15, -0.1) is 0 Å². The topological polar surface area (TPSA) is 15.3 Å². The van der Waals surface area contributed by atoms with Crippen molar-refractivity contribution in [3.8, 4) is 0 Å². The number of benzene rings is 1. The van der Waals surface area contributed by atoms with Gasteiger partial charge in [0.05, 0.1) is 0 Å². The van der Waals surface area contributed by atoms with Crippen LogP contribution in [0.25, 0.3) is 0 Å². The molecule has 3 heteroatoms. The van der Waals surface area contributed by atoms with E-state index in [-0.39, 0.29) is 0 Å². The van der Waals surface area contributed by atoms with E-state index in [1.807, 2.05) is 12.1 Å². The quantitative estimate of drug-likeness (QED) is 0.890. The third-order valence-electron chi connectivity index (χ3n) is 3.95. The predicted molar refractivity (Wildman–Crippen MR) is 82.9 cm³/mol. The highest BCUT2D eigenvalue weighted by Crippen LogP contribution is 2.18. The summed E-state index contributed by atoms with van der Waals surface area (Å²) in [7, 11) is 0. The normalized spacial score (nSPS) is 22.1. The fourth-order valence-corrected chi connectivity index (χ4v) is 3.06. The van der Waals surface area contributed by atoms with Gasteiger partial charge in [-0.1, -0.05) is 29.8 Å². The monoisotopic (exact) mass is 280 g/mol. The van der Waals surface area contributed by atoms with Gasteiger partial charge < -0.3 is 5.32 Å². The first kappa shape index (κ1) is 14.8. The van der Waals surface area contributed by atoms with Gasteiger partial charge in [0.2, 0.25) is 0 Å². The van der Waals surface area contributed by atoms with Crippen LogP contribution in [0.4, 0.5) is 0 Å². The fraction of sp³-hybridized carbons (Fsp3) is 0.625. The van der Waals surface area contributed by atoms with Gasteiger partial charge in [-0.05, 0) is 51.8 Å². The molecule has 0 bridgehead atoms. The molecule has 1 aromatic rings. The Morgan fingerprint density at radius 1 is 1.32 bits per heavy atom. The van der Waals surface area contributed by atoms with Crippen LogP contribution in [0.15, 0.2) is 24.3 Å². The lowest BCUT2D eigenvalue weighted by atomic mass is 10.1. The number of rotatable bonds is 5. The van der Waals surface area contributed by atoms with Crippen LogP contribution in [0.5, 0.6) is 0 Å². The third-order valence-corrected chi connectivity index (χ3v) is 4.32. The molecular formula is C16H25ClN2. The van der Waals surface area contributed by atoms with Crippen LogP contribution in [0.2, 0.25) is 5.02 Å². The van der Waals surface area contributed by atoms with Gasteiger partial charge in [0, 0.05) is 29.7 Å². The number of likely N-dealkylation sites (tertiary alicyclic amines) is 1. The number of halogens is 1. The van der Waals surface area contributed by atoms with Crippen molar-refractivity contribution in [1.82, 2.24) is 10.2 Å². The summed E-state index contributed by atoms with van der Waals surface area (Å²) in [5.74, 6) is 0. The molecule has 0 radical (unpaired) electrons. The summed E-state index contributed by atoms with van der Waals surface area (Å²) in [6.45, 7) is 9.19. The highest BCUT2D eigenvalue weighted by molar-refractivity contribution is 6.31. The maximum Gasteiger partial charge on any atom is 0.0438 e. The minimum absolute atomic E-state index is 0.469. The highest BCUT2D eigenvalue weighted by atomic mass is 35.5. The Hall–Kier alpha value is -0.570. The van der Waals surface area contributed by atoms with Gasteiger partial charge in [-0.2, -0.15) is 0 Å². The molecule has 0 amide bonds. The number of nitrogens with one attached hydrogen (secondary N) is 1. The van der Waals surface area contributed by atoms with Gasteiger partial charge in [0.1, 0.15) is 0 Å². The minimum atomic E-state index is 0.469. The summed E-state index contributed by atoms with van der Waals surface area (Å²) in [4.78, 5) is 2.54. The summed E-state index contributed by atoms with van der Waals surface area (Å²) in [5, 5.41) is 4.62. The first-order valence-electron chi connectivity index (χ1n) is 7.29. The minimum Gasteiger partial charge on any atom is -0.310 e. The zero-order valence-corrected chi connectivity index (χ0v) is 13.0. The summed E-state index contributed by atoms with van der Waals surface area (Å²) in [6.07, 6.45) is 2.25. The lowest BCUT2D eigenvalue weighted by Crippen LogP contribution is -2.40. The second-order valence-corrected chi connectivity index (χ2v) is 6.34. The first-order valence-corrected chi connectivity index (χ1v) is 7.67. The second-order valence-electron chi connectivity index (χ2n) is 5.94. The zero-order valence-electron chi connectivity index (χ0n) is 12.2. The Morgan fingerprint density at radius 2 is 2.05 bits per heavy atom. The molecule has 0 aliphatic carbocycles. The molecule has 106 valence electrons. The Balaban J connectivity index is 1.82. The molecule has 1 N–H and O–H groups in total. The van der Waals surface area contributed by atoms with Crippen LogP contribution in [0, 0.1) is 0 Å². The van der Waals surface area contributed by atoms with Crippen molar-refractivity contribution in [2.75, 3.05) is 13.1 Å². The van der Waals surface area contributed by atoms with Gasteiger partial charge in [-0.25, -0.2) is 0 Å². The van der Waals surface area contributed by atoms with Gasteiger partial charge >= 0.3 is 0 Å². The van der Waals surface area contributed by atoms with E-state index in [9.17, 15) is 0 Å². The van der Waals surface area contributed by atoms with Crippen molar-refractivity contribution in [1.29, 1.82) is 0 Å². The summed E-state index contributed by atoms with van der Waals surface area (Å²) in [5.41, 5.74) is 1.24. The fourth-order valence-electron chi connectivity index (χ4n) is 2.85. The number of hydrogen-bond donors (Lipinski definition) is 1. The standard InChI is InChI=1S/C16H25ClN2/c1-12(2)19-9-8-15(11-19)18-13(3)10-14-6-4-5-7-16(14)17/h4-7,12-13,15,18H,8-11H2,1-3H3. The van der Waals surface area contributed by atoms with Crippen molar-refractivity contribution in [3.63, 3.8) is 0 Å². The van der Waals surface area contributed by atoms with Crippen molar-refractivity contribution in [2.24, 2.45) is 0 Å². The third kappa shape index (κ3) is 4.20. The van der Waals surface area contributed by atoms with Crippen LogP contribution < -0.4 is 5.32 Å². The molecule has 1 saturated heterocycles. The SMILES string of the molecule is CC(Cc1ccccc1Cl)NC1CCN(C(C)C)C1. The molecule has 2 atom stereocenters. The zero-order chi connectivity index (χ0) is 13.8. The molecular weight excluding hydrogens is 256 g/mol. The molecule has 1 aromatic carbocycles. The van der Waals surface area contributed by atoms with Crippen molar-refractivity contribution in [2.45, 2.75) is 51.7 Å². The van der Waals surface area contributed by atoms with E-state index in [4.69, 9.17) is 11.6 Å². The van der Waals surface area contributed by atoms with Crippen molar-refractivity contribution < 1.29 is 0 Å². The van der Waals surface area contributed by atoms with E-state index in [0.29, 0.717) is 18.1 Å². The van der Waals surface area contributed by atoms with Gasteiger partial charge in [-0.3, -0.25) is 4.90 Å². The molecule has 1 aliphatic rings. The molecule has 0 saturated carbocycles. The first-order chi connectivity index (χ1) is 9.06. The average molecular weight is 281 g/mol. The largest absolute Gasteiger partial charge is 0.310 e. The van der Waals surface area contributed by atoms with E-state index in [0.717, 1.165) is 11.4 Å². The lowest BCUT2D eigenvalue weighted by molar-refractivity contribution is 0.266. The number of nitrogens with zero attached hydrogens (tertiary/aromatic N) is 1. The van der Waals surface area contributed by atoms with Gasteiger partial charge in [0.15, 0.2) is 0 Å². The van der Waals surface area contributed by atoms with E-state index in [2.05, 4.69) is 43.1 Å².